The molecular formula is C10H18N2S. The van der Waals surface area contributed by atoms with Crippen LogP contribution in [0.3, 0.4) is 0 Å². The number of hydrogen-bond acceptors (Lipinski definition) is 3. The van der Waals surface area contributed by atoms with Gasteiger partial charge in [0.2, 0.25) is 0 Å². The minimum Gasteiger partial charge on any atom is -0.359 e. The predicted molar refractivity (Wildman–Crippen MR) is 59.5 cm³/mol. The Morgan fingerprint density at radius 3 is 2.92 bits per heavy atom. The molecule has 1 heterocycles. The van der Waals surface area contributed by atoms with E-state index in [2.05, 4.69) is 29.5 Å². The zero-order chi connectivity index (χ0) is 9.68. The Hall–Kier alpha value is -0.570. The van der Waals surface area contributed by atoms with Gasteiger partial charge in [0.25, 0.3) is 0 Å². The van der Waals surface area contributed by atoms with E-state index >= 15 is 0 Å². The van der Waals surface area contributed by atoms with Crippen LogP contribution < -0.4 is 5.32 Å². The summed E-state index contributed by atoms with van der Waals surface area (Å²) in [4.78, 5) is 4.37. The normalized spacial score (nSPS) is 12.8. The van der Waals surface area contributed by atoms with E-state index in [1.165, 1.54) is 19.3 Å². The van der Waals surface area contributed by atoms with E-state index in [4.69, 9.17) is 0 Å². The third-order valence-electron chi connectivity index (χ3n) is 1.98. The Kier molecular flexibility index (Phi) is 4.22. The summed E-state index contributed by atoms with van der Waals surface area (Å²) >= 11 is 1.69. The Balaban J connectivity index is 2.31. The molecule has 0 saturated heterocycles. The topological polar surface area (TPSA) is 24.9 Å². The highest BCUT2D eigenvalue weighted by molar-refractivity contribution is 7.13. The predicted octanol–water partition coefficient (Wildman–Crippen LogP) is 3.44. The van der Waals surface area contributed by atoms with Crippen LogP contribution in [0, 0.1) is 6.92 Å². The number of aryl methyl sites for hydroxylation is 1. The van der Waals surface area contributed by atoms with Crippen molar-refractivity contribution in [3.05, 3.63) is 11.1 Å². The molecule has 0 radical (unpaired) electrons. The van der Waals surface area contributed by atoms with Crippen LogP contribution in [0.4, 0.5) is 5.13 Å². The van der Waals surface area contributed by atoms with Crippen LogP contribution in [0.1, 0.15) is 38.8 Å². The van der Waals surface area contributed by atoms with Gasteiger partial charge in [-0.1, -0.05) is 19.8 Å². The molecule has 2 nitrogen and oxygen atoms in total. The number of aromatic nitrogens is 1. The number of unbranched alkanes of at least 4 members (excludes halogenated alkanes) is 1. The molecule has 0 aliphatic rings. The standard InChI is InChI=1S/C10H18N2S/c1-4-5-6-8(2)11-10-12-9(3)7-13-10/h7-8H,4-6H2,1-3H3,(H,11,12). The molecule has 0 saturated carbocycles. The smallest absolute Gasteiger partial charge is 0.183 e. The fourth-order valence-corrected chi connectivity index (χ4v) is 2.01. The van der Waals surface area contributed by atoms with Gasteiger partial charge in [0, 0.05) is 11.4 Å². The molecule has 0 aromatic carbocycles. The first-order valence-electron chi connectivity index (χ1n) is 4.91. The molecule has 1 unspecified atom stereocenters. The summed E-state index contributed by atoms with van der Waals surface area (Å²) in [7, 11) is 0. The van der Waals surface area contributed by atoms with Gasteiger partial charge >= 0.3 is 0 Å². The van der Waals surface area contributed by atoms with E-state index in [1.807, 2.05) is 6.92 Å². The number of anilines is 1. The largest absolute Gasteiger partial charge is 0.359 e. The molecule has 1 aromatic rings. The molecule has 0 fully saturated rings. The van der Waals surface area contributed by atoms with Gasteiger partial charge in [0.1, 0.15) is 0 Å². The molecule has 74 valence electrons. The Morgan fingerprint density at radius 2 is 2.38 bits per heavy atom. The quantitative estimate of drug-likeness (QED) is 0.784. The van der Waals surface area contributed by atoms with Crippen molar-refractivity contribution < 1.29 is 0 Å². The van der Waals surface area contributed by atoms with Gasteiger partial charge in [-0.25, -0.2) is 4.98 Å². The van der Waals surface area contributed by atoms with E-state index < -0.39 is 0 Å². The second-order valence-corrected chi connectivity index (χ2v) is 4.34. The summed E-state index contributed by atoms with van der Waals surface area (Å²) in [6, 6.07) is 0.547. The van der Waals surface area contributed by atoms with Gasteiger partial charge in [0.05, 0.1) is 5.69 Å². The summed E-state index contributed by atoms with van der Waals surface area (Å²) in [5.74, 6) is 0. The van der Waals surface area contributed by atoms with Crippen molar-refractivity contribution in [3.8, 4) is 0 Å². The van der Waals surface area contributed by atoms with Crippen LogP contribution >= 0.6 is 11.3 Å². The van der Waals surface area contributed by atoms with Crippen molar-refractivity contribution in [3.63, 3.8) is 0 Å². The maximum atomic E-state index is 4.37. The van der Waals surface area contributed by atoms with Crippen molar-refractivity contribution in [2.75, 3.05) is 5.32 Å². The third kappa shape index (κ3) is 3.77. The number of nitrogens with zero attached hydrogens (tertiary/aromatic N) is 1. The molecule has 3 heteroatoms. The van der Waals surface area contributed by atoms with Crippen LogP contribution in [-0.4, -0.2) is 11.0 Å². The van der Waals surface area contributed by atoms with Crippen molar-refractivity contribution in [2.24, 2.45) is 0 Å². The molecule has 1 rings (SSSR count). The number of rotatable bonds is 5. The molecule has 1 aromatic heterocycles. The van der Waals surface area contributed by atoms with Gasteiger partial charge in [-0.05, 0) is 20.3 Å². The van der Waals surface area contributed by atoms with E-state index in [-0.39, 0.29) is 0 Å². The first-order chi connectivity index (χ1) is 6.22. The SMILES string of the molecule is CCCCC(C)Nc1nc(C)cs1. The second-order valence-electron chi connectivity index (χ2n) is 3.48. The molecular weight excluding hydrogens is 180 g/mol. The molecule has 1 atom stereocenters. The molecule has 0 bridgehead atoms. The van der Waals surface area contributed by atoms with E-state index in [0.29, 0.717) is 6.04 Å². The Bertz CT molecular complexity index is 245. The van der Waals surface area contributed by atoms with Crippen LogP contribution in [0.5, 0.6) is 0 Å². The van der Waals surface area contributed by atoms with Gasteiger partial charge in [-0.3, -0.25) is 0 Å². The van der Waals surface area contributed by atoms with Crippen molar-refractivity contribution >= 4 is 16.5 Å². The average molecular weight is 198 g/mol. The zero-order valence-corrected chi connectivity index (χ0v) is 9.45. The first-order valence-corrected chi connectivity index (χ1v) is 5.79. The second kappa shape index (κ2) is 5.22. The van der Waals surface area contributed by atoms with Gasteiger partial charge in [-0.2, -0.15) is 0 Å². The van der Waals surface area contributed by atoms with E-state index in [9.17, 15) is 0 Å². The monoisotopic (exact) mass is 198 g/mol. The fraction of sp³-hybridized carbons (Fsp3) is 0.700. The molecule has 0 aliphatic carbocycles. The van der Waals surface area contributed by atoms with Gasteiger partial charge in [-0.15, -0.1) is 11.3 Å². The Labute approximate surface area is 84.4 Å². The first kappa shape index (κ1) is 10.5. The summed E-state index contributed by atoms with van der Waals surface area (Å²) in [5, 5.41) is 6.54. The van der Waals surface area contributed by atoms with Gasteiger partial charge < -0.3 is 5.32 Å². The minimum absolute atomic E-state index is 0.547. The lowest BCUT2D eigenvalue weighted by molar-refractivity contribution is 0.644. The van der Waals surface area contributed by atoms with Crippen LogP contribution in [-0.2, 0) is 0 Å². The van der Waals surface area contributed by atoms with E-state index in [1.54, 1.807) is 11.3 Å². The number of nitrogens with one attached hydrogen (secondary N) is 1. The lowest BCUT2D eigenvalue weighted by Gasteiger charge is -2.11. The molecule has 0 spiro atoms. The van der Waals surface area contributed by atoms with Crippen molar-refractivity contribution in [1.29, 1.82) is 0 Å². The summed E-state index contributed by atoms with van der Waals surface area (Å²) in [6.45, 7) is 6.46. The lowest BCUT2D eigenvalue weighted by Crippen LogP contribution is -2.14. The third-order valence-corrected chi connectivity index (χ3v) is 2.87. The van der Waals surface area contributed by atoms with Crippen LogP contribution in [0.2, 0.25) is 0 Å². The molecule has 13 heavy (non-hydrogen) atoms. The highest BCUT2D eigenvalue weighted by Crippen LogP contribution is 2.16. The summed E-state index contributed by atoms with van der Waals surface area (Å²) < 4.78 is 0. The van der Waals surface area contributed by atoms with Gasteiger partial charge in [0.15, 0.2) is 5.13 Å². The number of thiazole rings is 1. The zero-order valence-electron chi connectivity index (χ0n) is 8.63. The highest BCUT2D eigenvalue weighted by Gasteiger charge is 2.03. The Morgan fingerprint density at radius 1 is 1.62 bits per heavy atom. The highest BCUT2D eigenvalue weighted by atomic mass is 32.1. The van der Waals surface area contributed by atoms with Crippen LogP contribution in [0.25, 0.3) is 0 Å². The number of hydrogen-bond donors (Lipinski definition) is 1. The molecule has 0 amide bonds. The van der Waals surface area contributed by atoms with Crippen molar-refractivity contribution in [1.82, 2.24) is 4.98 Å². The maximum absolute atomic E-state index is 4.37. The average Bonchev–Trinajstić information content (AvgIpc) is 2.48. The van der Waals surface area contributed by atoms with Crippen LogP contribution in [0.15, 0.2) is 5.38 Å². The molecule has 0 aliphatic heterocycles. The maximum Gasteiger partial charge on any atom is 0.183 e. The lowest BCUT2D eigenvalue weighted by atomic mass is 10.1. The minimum atomic E-state index is 0.547. The fourth-order valence-electron chi connectivity index (χ4n) is 1.21. The molecule has 1 N–H and O–H groups in total. The van der Waals surface area contributed by atoms with E-state index in [0.717, 1.165) is 10.8 Å². The van der Waals surface area contributed by atoms with Crippen molar-refractivity contribution in [2.45, 2.75) is 46.1 Å². The summed E-state index contributed by atoms with van der Waals surface area (Å²) in [5.41, 5.74) is 1.11. The summed E-state index contributed by atoms with van der Waals surface area (Å²) in [6.07, 6.45) is 3.79.